The van der Waals surface area contributed by atoms with Crippen molar-refractivity contribution in [2.24, 2.45) is 11.8 Å². The lowest BCUT2D eigenvalue weighted by molar-refractivity contribution is 0.0404. The van der Waals surface area contributed by atoms with Crippen molar-refractivity contribution >= 4 is 22.9 Å². The van der Waals surface area contributed by atoms with Gasteiger partial charge in [-0.1, -0.05) is 11.6 Å². The zero-order valence-electron chi connectivity index (χ0n) is 11.7. The van der Waals surface area contributed by atoms with Gasteiger partial charge in [0.25, 0.3) is 5.56 Å². The standard InChI is InChI=1S/C15H18ClN3OS/c16-14-2-1-13(21-14)12-9-19(17-15(12)20)8-11-7-18-5-3-10(11)4-6-18/h1-2,9-11H,3-8H2,(H,17,20). The summed E-state index contributed by atoms with van der Waals surface area (Å²) in [4.78, 5) is 15.6. The zero-order valence-corrected chi connectivity index (χ0v) is 13.3. The molecular weight excluding hydrogens is 306 g/mol. The number of aromatic nitrogens is 2. The molecule has 3 fully saturated rings. The van der Waals surface area contributed by atoms with Crippen LogP contribution in [0.3, 0.4) is 0 Å². The second-order valence-corrected chi connectivity index (χ2v) is 7.85. The summed E-state index contributed by atoms with van der Waals surface area (Å²) in [6.45, 7) is 4.59. The molecule has 3 saturated heterocycles. The molecular formula is C15H18ClN3OS. The topological polar surface area (TPSA) is 41.0 Å². The van der Waals surface area contributed by atoms with Crippen molar-refractivity contribution in [1.29, 1.82) is 0 Å². The summed E-state index contributed by atoms with van der Waals surface area (Å²) in [5.41, 5.74) is 0.711. The molecule has 0 radical (unpaired) electrons. The summed E-state index contributed by atoms with van der Waals surface area (Å²) in [7, 11) is 0. The van der Waals surface area contributed by atoms with Crippen LogP contribution in [0.15, 0.2) is 23.1 Å². The molecule has 2 aromatic rings. The minimum atomic E-state index is -0.0187. The molecule has 5 heterocycles. The molecule has 1 N–H and O–H groups in total. The van der Waals surface area contributed by atoms with Gasteiger partial charge in [0.15, 0.2) is 0 Å². The summed E-state index contributed by atoms with van der Waals surface area (Å²) < 4.78 is 2.69. The van der Waals surface area contributed by atoms with Crippen LogP contribution in [0, 0.1) is 11.8 Å². The van der Waals surface area contributed by atoms with Crippen molar-refractivity contribution in [2.75, 3.05) is 19.6 Å². The molecule has 0 amide bonds. The first-order valence-corrected chi connectivity index (χ1v) is 8.66. The molecule has 2 aromatic heterocycles. The van der Waals surface area contributed by atoms with E-state index < -0.39 is 0 Å². The summed E-state index contributed by atoms with van der Waals surface area (Å²) >= 11 is 7.41. The fourth-order valence-corrected chi connectivity index (χ4v) is 4.77. The predicted octanol–water partition coefficient (Wildman–Crippen LogP) is 2.90. The van der Waals surface area contributed by atoms with Gasteiger partial charge < -0.3 is 4.90 Å². The molecule has 112 valence electrons. The molecule has 3 aliphatic heterocycles. The smallest absolute Gasteiger partial charge is 0.272 e. The highest BCUT2D eigenvalue weighted by molar-refractivity contribution is 7.19. The van der Waals surface area contributed by atoms with Crippen molar-refractivity contribution < 1.29 is 0 Å². The van der Waals surface area contributed by atoms with Gasteiger partial charge in [-0.2, -0.15) is 0 Å². The molecule has 1 unspecified atom stereocenters. The summed E-state index contributed by atoms with van der Waals surface area (Å²) in [6, 6.07) is 3.75. The number of nitrogens with one attached hydrogen (secondary N) is 1. The first-order valence-electron chi connectivity index (χ1n) is 7.46. The van der Waals surface area contributed by atoms with E-state index in [2.05, 4.69) is 10.00 Å². The predicted molar refractivity (Wildman–Crippen MR) is 86.0 cm³/mol. The van der Waals surface area contributed by atoms with Crippen LogP contribution >= 0.6 is 22.9 Å². The molecule has 3 aliphatic rings. The molecule has 1 atom stereocenters. The van der Waals surface area contributed by atoms with Gasteiger partial charge in [0.1, 0.15) is 0 Å². The average molecular weight is 324 g/mol. The Balaban J connectivity index is 1.55. The largest absolute Gasteiger partial charge is 0.303 e. The maximum atomic E-state index is 12.1. The van der Waals surface area contributed by atoms with E-state index in [-0.39, 0.29) is 5.56 Å². The van der Waals surface area contributed by atoms with Gasteiger partial charge in [0.05, 0.1) is 9.90 Å². The van der Waals surface area contributed by atoms with Gasteiger partial charge in [-0.3, -0.25) is 14.6 Å². The van der Waals surface area contributed by atoms with E-state index >= 15 is 0 Å². The second kappa shape index (κ2) is 5.30. The third-order valence-corrected chi connectivity index (χ3v) is 6.10. The van der Waals surface area contributed by atoms with Crippen LogP contribution in [0.2, 0.25) is 4.34 Å². The lowest BCUT2D eigenvalue weighted by Gasteiger charge is -2.44. The molecule has 2 bridgehead atoms. The molecule has 0 aromatic carbocycles. The Kier molecular flexibility index (Phi) is 3.44. The summed E-state index contributed by atoms with van der Waals surface area (Å²) in [5.74, 6) is 1.48. The van der Waals surface area contributed by atoms with E-state index in [0.717, 1.165) is 27.2 Å². The molecule has 5 rings (SSSR count). The Hall–Kier alpha value is -1.04. The van der Waals surface area contributed by atoms with Crippen molar-refractivity contribution in [3.63, 3.8) is 0 Å². The number of fused-ring (bicyclic) bond motifs is 3. The monoisotopic (exact) mass is 323 g/mol. The number of hydrogen-bond acceptors (Lipinski definition) is 3. The van der Waals surface area contributed by atoms with E-state index in [4.69, 9.17) is 11.6 Å². The van der Waals surface area contributed by atoms with E-state index in [1.807, 2.05) is 23.0 Å². The number of piperidine rings is 3. The number of thiophene rings is 1. The molecule has 0 spiro atoms. The number of aromatic amines is 1. The Labute approximate surface area is 132 Å². The van der Waals surface area contributed by atoms with Gasteiger partial charge in [-0.15, -0.1) is 11.3 Å². The van der Waals surface area contributed by atoms with Crippen LogP contribution in [0.25, 0.3) is 10.4 Å². The van der Waals surface area contributed by atoms with E-state index in [1.54, 1.807) is 0 Å². The third kappa shape index (κ3) is 2.58. The number of nitrogens with zero attached hydrogens (tertiary/aromatic N) is 2. The van der Waals surface area contributed by atoms with Crippen molar-refractivity contribution in [1.82, 2.24) is 14.7 Å². The quantitative estimate of drug-likeness (QED) is 0.943. The van der Waals surface area contributed by atoms with E-state index in [9.17, 15) is 4.79 Å². The van der Waals surface area contributed by atoms with Gasteiger partial charge in [-0.25, -0.2) is 0 Å². The number of rotatable bonds is 3. The SMILES string of the molecule is O=c1[nH]n(CC2CN3CCC2CC3)cc1-c1ccc(Cl)s1. The lowest BCUT2D eigenvalue weighted by Crippen LogP contribution is -2.48. The molecule has 0 saturated carbocycles. The Morgan fingerprint density at radius 1 is 1.33 bits per heavy atom. The first-order chi connectivity index (χ1) is 10.2. The van der Waals surface area contributed by atoms with Crippen LogP contribution in [-0.4, -0.2) is 34.3 Å². The Bertz CT molecular complexity index is 696. The van der Waals surface area contributed by atoms with Crippen molar-refractivity contribution in [3.05, 3.63) is 33.0 Å². The van der Waals surface area contributed by atoms with Crippen molar-refractivity contribution in [3.8, 4) is 10.4 Å². The second-order valence-electron chi connectivity index (χ2n) is 6.14. The fourth-order valence-electron chi connectivity index (χ4n) is 3.72. The number of hydrogen-bond donors (Lipinski definition) is 1. The molecule has 0 aliphatic carbocycles. The molecule has 4 nitrogen and oxygen atoms in total. The van der Waals surface area contributed by atoms with Gasteiger partial charge in [0, 0.05) is 24.2 Å². The highest BCUT2D eigenvalue weighted by atomic mass is 35.5. The van der Waals surface area contributed by atoms with Gasteiger partial charge in [0.2, 0.25) is 0 Å². The number of H-pyrrole nitrogens is 1. The maximum absolute atomic E-state index is 12.1. The lowest BCUT2D eigenvalue weighted by atomic mass is 9.79. The van der Waals surface area contributed by atoms with Crippen LogP contribution in [-0.2, 0) is 6.54 Å². The minimum Gasteiger partial charge on any atom is -0.303 e. The highest BCUT2D eigenvalue weighted by Gasteiger charge is 2.34. The third-order valence-electron chi connectivity index (χ3n) is 4.84. The normalized spacial score (nSPS) is 28.1. The average Bonchev–Trinajstić information content (AvgIpc) is 3.06. The van der Waals surface area contributed by atoms with Gasteiger partial charge >= 0.3 is 0 Å². The molecule has 21 heavy (non-hydrogen) atoms. The maximum Gasteiger partial charge on any atom is 0.272 e. The fraction of sp³-hybridized carbons (Fsp3) is 0.533. The van der Waals surface area contributed by atoms with Crippen molar-refractivity contribution in [2.45, 2.75) is 19.4 Å². The Morgan fingerprint density at radius 2 is 2.14 bits per heavy atom. The first kappa shape index (κ1) is 13.6. The van der Waals surface area contributed by atoms with Gasteiger partial charge in [-0.05, 0) is 49.9 Å². The Morgan fingerprint density at radius 3 is 2.76 bits per heavy atom. The summed E-state index contributed by atoms with van der Waals surface area (Å²) in [5, 5.41) is 2.97. The van der Waals surface area contributed by atoms with E-state index in [1.165, 1.54) is 43.8 Å². The minimum absolute atomic E-state index is 0.0187. The highest BCUT2D eigenvalue weighted by Crippen LogP contribution is 2.33. The zero-order chi connectivity index (χ0) is 14.4. The molecule has 6 heteroatoms. The number of halogens is 1. The summed E-state index contributed by atoms with van der Waals surface area (Å²) in [6.07, 6.45) is 4.56. The van der Waals surface area contributed by atoms with Crippen LogP contribution in [0.5, 0.6) is 0 Å². The van der Waals surface area contributed by atoms with Crippen LogP contribution < -0.4 is 5.56 Å². The van der Waals surface area contributed by atoms with Crippen LogP contribution in [0.1, 0.15) is 12.8 Å². The van der Waals surface area contributed by atoms with E-state index in [0.29, 0.717) is 5.92 Å². The van der Waals surface area contributed by atoms with Crippen LogP contribution in [0.4, 0.5) is 0 Å².